The molecule has 1 aliphatic rings. The molecule has 0 saturated heterocycles. The lowest BCUT2D eigenvalue weighted by Gasteiger charge is -2.21. The van der Waals surface area contributed by atoms with Crippen molar-refractivity contribution in [1.82, 2.24) is 15.0 Å². The lowest BCUT2D eigenvalue weighted by atomic mass is 9.82. The van der Waals surface area contributed by atoms with Gasteiger partial charge in [-0.15, -0.1) is 0 Å². The van der Waals surface area contributed by atoms with Gasteiger partial charge in [-0.2, -0.15) is 5.26 Å². The van der Waals surface area contributed by atoms with E-state index in [1.165, 1.54) is 11.1 Å². The Kier molecular flexibility index (Phi) is 6.50. The maximum absolute atomic E-state index is 10.2. The smallest absolute Gasteiger partial charge is 0.164 e. The maximum Gasteiger partial charge on any atom is 0.164 e. The van der Waals surface area contributed by atoms with E-state index in [9.17, 15) is 5.26 Å². The number of nitriles is 1. The first-order valence-electron chi connectivity index (χ1n) is 16.5. The van der Waals surface area contributed by atoms with Crippen molar-refractivity contribution in [3.8, 4) is 62.5 Å². The van der Waals surface area contributed by atoms with Gasteiger partial charge in [-0.1, -0.05) is 147 Å². The monoisotopic (exact) mass is 626 g/mol. The van der Waals surface area contributed by atoms with Crippen molar-refractivity contribution in [3.05, 3.63) is 162 Å². The normalized spacial score (nSPS) is 12.8. The van der Waals surface area contributed by atoms with E-state index in [4.69, 9.17) is 15.0 Å². The van der Waals surface area contributed by atoms with Crippen LogP contribution in [0.15, 0.2) is 146 Å². The van der Waals surface area contributed by atoms with E-state index in [0.29, 0.717) is 23.0 Å². The molecule has 0 unspecified atom stereocenters. The Hall–Kier alpha value is -6.44. The lowest BCUT2D eigenvalue weighted by Crippen LogP contribution is -2.14. The van der Waals surface area contributed by atoms with Gasteiger partial charge in [0, 0.05) is 27.7 Å². The Labute approximate surface area is 285 Å². The molecule has 0 amide bonds. The molecule has 4 heteroatoms. The van der Waals surface area contributed by atoms with Gasteiger partial charge in [0.1, 0.15) is 0 Å². The van der Waals surface area contributed by atoms with E-state index in [1.807, 2.05) is 12.1 Å². The molecule has 0 fully saturated rings. The molecule has 0 bridgehead atoms. The minimum Gasteiger partial charge on any atom is -0.208 e. The van der Waals surface area contributed by atoms with Crippen LogP contribution in [-0.2, 0) is 5.41 Å². The predicted molar refractivity (Wildman–Crippen MR) is 199 cm³/mol. The van der Waals surface area contributed by atoms with Gasteiger partial charge in [0.05, 0.1) is 11.6 Å². The minimum absolute atomic E-state index is 0.222. The Balaban J connectivity index is 1.27. The van der Waals surface area contributed by atoms with Crippen LogP contribution in [0.3, 0.4) is 0 Å². The number of rotatable bonds is 4. The molecule has 1 heterocycles. The second-order valence-electron chi connectivity index (χ2n) is 13.1. The van der Waals surface area contributed by atoms with Gasteiger partial charge in [-0.05, 0) is 61.5 Å². The second kappa shape index (κ2) is 11.1. The fraction of sp³-hybridized carbons (Fsp3) is 0.0667. The molecule has 230 valence electrons. The molecule has 0 spiro atoms. The molecule has 9 rings (SSSR count). The highest BCUT2D eigenvalue weighted by molar-refractivity contribution is 5.98. The largest absolute Gasteiger partial charge is 0.208 e. The summed E-state index contributed by atoms with van der Waals surface area (Å²) < 4.78 is 0. The number of hydrogen-bond donors (Lipinski definition) is 0. The summed E-state index contributed by atoms with van der Waals surface area (Å²) >= 11 is 0. The summed E-state index contributed by atoms with van der Waals surface area (Å²) in [7, 11) is 0. The minimum atomic E-state index is -0.222. The van der Waals surface area contributed by atoms with Gasteiger partial charge in [0.2, 0.25) is 0 Å². The molecule has 0 saturated carbocycles. The van der Waals surface area contributed by atoms with E-state index < -0.39 is 0 Å². The van der Waals surface area contributed by atoms with E-state index in [0.717, 1.165) is 60.5 Å². The number of hydrogen-bond acceptors (Lipinski definition) is 4. The number of benzene rings is 7. The van der Waals surface area contributed by atoms with Crippen LogP contribution in [0.1, 0.15) is 30.5 Å². The quantitative estimate of drug-likeness (QED) is 0.195. The first-order valence-corrected chi connectivity index (χ1v) is 16.5. The molecule has 1 aliphatic carbocycles. The highest BCUT2D eigenvalue weighted by Crippen LogP contribution is 2.53. The topological polar surface area (TPSA) is 62.5 Å². The van der Waals surface area contributed by atoms with Gasteiger partial charge < -0.3 is 0 Å². The van der Waals surface area contributed by atoms with E-state index in [2.05, 4.69) is 153 Å². The van der Waals surface area contributed by atoms with Crippen molar-refractivity contribution in [2.24, 2.45) is 0 Å². The van der Waals surface area contributed by atoms with E-state index in [1.54, 1.807) is 0 Å². The zero-order valence-electron chi connectivity index (χ0n) is 27.1. The Morgan fingerprint density at radius 2 is 0.959 bits per heavy atom. The molecule has 49 heavy (non-hydrogen) atoms. The van der Waals surface area contributed by atoms with Crippen LogP contribution in [0.25, 0.3) is 78.0 Å². The van der Waals surface area contributed by atoms with Crippen molar-refractivity contribution in [1.29, 1.82) is 5.26 Å². The molecule has 0 radical (unpaired) electrons. The van der Waals surface area contributed by atoms with E-state index >= 15 is 0 Å². The summed E-state index contributed by atoms with van der Waals surface area (Å²) in [6.45, 7) is 4.49. The average molecular weight is 627 g/mol. The third-order valence-corrected chi connectivity index (χ3v) is 9.97. The number of nitrogens with zero attached hydrogens (tertiary/aromatic N) is 4. The summed E-state index contributed by atoms with van der Waals surface area (Å²) in [5.74, 6) is 1.86. The standard InChI is InChI=1S/C45H30N4/c1-45(2)38-24-10-18-32(27-46)40(38)41-35(21-11-25-39(41)45)30-16-7-17-31(26-30)42-47-43(36-22-8-14-28-12-3-5-19-33(28)36)49-44(48-42)37-23-9-15-29-13-4-6-20-34(29)37/h3-26H,1-2H3. The van der Waals surface area contributed by atoms with Crippen LogP contribution in [0.5, 0.6) is 0 Å². The second-order valence-corrected chi connectivity index (χ2v) is 13.1. The highest BCUT2D eigenvalue weighted by Gasteiger charge is 2.38. The third-order valence-electron chi connectivity index (χ3n) is 9.97. The predicted octanol–water partition coefficient (Wildman–Crippen LogP) is 11.0. The van der Waals surface area contributed by atoms with Crippen LogP contribution >= 0.6 is 0 Å². The SMILES string of the molecule is CC1(C)c2cccc(C#N)c2-c2c(-c3cccc(-c4nc(-c5cccc6ccccc56)nc(-c5cccc6ccccc56)n4)c3)cccc21. The first kappa shape index (κ1) is 28.8. The molecule has 8 aromatic rings. The Morgan fingerprint density at radius 1 is 0.469 bits per heavy atom. The Morgan fingerprint density at radius 3 is 1.61 bits per heavy atom. The zero-order chi connectivity index (χ0) is 33.1. The molecule has 0 N–H and O–H groups in total. The molecular weight excluding hydrogens is 597 g/mol. The van der Waals surface area contributed by atoms with Crippen LogP contribution in [-0.4, -0.2) is 15.0 Å². The average Bonchev–Trinajstić information content (AvgIpc) is 3.40. The summed E-state index contributed by atoms with van der Waals surface area (Å²) in [4.78, 5) is 15.5. The fourth-order valence-corrected chi connectivity index (χ4v) is 7.58. The summed E-state index contributed by atoms with van der Waals surface area (Å²) in [6, 6.07) is 52.7. The number of aromatic nitrogens is 3. The van der Waals surface area contributed by atoms with Crippen molar-refractivity contribution in [3.63, 3.8) is 0 Å². The van der Waals surface area contributed by atoms with Crippen LogP contribution < -0.4 is 0 Å². The molecule has 4 nitrogen and oxygen atoms in total. The summed E-state index contributed by atoms with van der Waals surface area (Å²) in [6.07, 6.45) is 0. The Bertz CT molecular complexity index is 2550. The van der Waals surface area contributed by atoms with Crippen LogP contribution in [0, 0.1) is 11.3 Å². The number of fused-ring (bicyclic) bond motifs is 5. The van der Waals surface area contributed by atoms with Gasteiger partial charge in [0.15, 0.2) is 17.5 Å². The van der Waals surface area contributed by atoms with Crippen LogP contribution in [0.2, 0.25) is 0 Å². The molecule has 0 atom stereocenters. The molecule has 0 aliphatic heterocycles. The van der Waals surface area contributed by atoms with Gasteiger partial charge in [-0.25, -0.2) is 15.0 Å². The zero-order valence-corrected chi connectivity index (χ0v) is 27.1. The summed E-state index contributed by atoms with van der Waals surface area (Å²) in [5.41, 5.74) is 9.99. The van der Waals surface area contributed by atoms with Crippen molar-refractivity contribution >= 4 is 21.5 Å². The van der Waals surface area contributed by atoms with Crippen molar-refractivity contribution in [2.75, 3.05) is 0 Å². The highest BCUT2D eigenvalue weighted by atomic mass is 15.0. The molecule has 7 aromatic carbocycles. The molecular formula is C45H30N4. The van der Waals surface area contributed by atoms with Gasteiger partial charge >= 0.3 is 0 Å². The van der Waals surface area contributed by atoms with Crippen molar-refractivity contribution in [2.45, 2.75) is 19.3 Å². The van der Waals surface area contributed by atoms with Crippen LogP contribution in [0.4, 0.5) is 0 Å². The summed E-state index contributed by atoms with van der Waals surface area (Å²) in [5, 5.41) is 14.6. The third kappa shape index (κ3) is 4.55. The lowest BCUT2D eigenvalue weighted by molar-refractivity contribution is 0.660. The van der Waals surface area contributed by atoms with Crippen molar-refractivity contribution < 1.29 is 0 Å². The maximum atomic E-state index is 10.2. The van der Waals surface area contributed by atoms with Gasteiger partial charge in [0.25, 0.3) is 0 Å². The van der Waals surface area contributed by atoms with E-state index in [-0.39, 0.29) is 5.41 Å². The molecule has 1 aromatic heterocycles. The fourth-order valence-electron chi connectivity index (χ4n) is 7.58. The van der Waals surface area contributed by atoms with Gasteiger partial charge in [-0.3, -0.25) is 0 Å². The first-order chi connectivity index (χ1) is 24.0.